The van der Waals surface area contributed by atoms with Crippen molar-refractivity contribution in [3.05, 3.63) is 45.6 Å². The third-order valence-corrected chi connectivity index (χ3v) is 5.85. The van der Waals surface area contributed by atoms with E-state index in [0.717, 1.165) is 21.8 Å². The Kier molecular flexibility index (Phi) is 6.53. The van der Waals surface area contributed by atoms with E-state index in [1.807, 2.05) is 35.9 Å². The molecule has 0 radical (unpaired) electrons. The number of carbonyl (C=O) groups is 1. The lowest BCUT2D eigenvalue weighted by Crippen LogP contribution is -2.28. The van der Waals surface area contributed by atoms with Gasteiger partial charge in [-0.25, -0.2) is 4.98 Å². The quantitative estimate of drug-likeness (QED) is 0.590. The zero-order valence-electron chi connectivity index (χ0n) is 16.1. The van der Waals surface area contributed by atoms with Gasteiger partial charge < -0.3 is 19.5 Å². The highest BCUT2D eigenvalue weighted by atomic mass is 32.1. The number of ether oxygens (including phenoxy) is 3. The highest BCUT2D eigenvalue weighted by molar-refractivity contribution is 7.14. The van der Waals surface area contributed by atoms with Gasteiger partial charge in [0.2, 0.25) is 11.7 Å². The number of carbonyl (C=O) groups excluding carboxylic acids is 1. The Balaban J connectivity index is 1.69. The zero-order chi connectivity index (χ0) is 20.1. The van der Waals surface area contributed by atoms with Gasteiger partial charge in [0.25, 0.3) is 0 Å². The van der Waals surface area contributed by atoms with Crippen LogP contribution < -0.4 is 19.5 Å². The minimum atomic E-state index is -0.226. The van der Waals surface area contributed by atoms with Crippen molar-refractivity contribution in [2.24, 2.45) is 0 Å². The fraction of sp³-hybridized carbons (Fsp3) is 0.300. The number of nitrogens with zero attached hydrogens (tertiary/aromatic N) is 1. The van der Waals surface area contributed by atoms with E-state index in [4.69, 9.17) is 14.2 Å². The zero-order valence-corrected chi connectivity index (χ0v) is 17.8. The van der Waals surface area contributed by atoms with E-state index in [-0.39, 0.29) is 18.4 Å². The van der Waals surface area contributed by atoms with Crippen LogP contribution >= 0.6 is 22.7 Å². The molecule has 148 valence electrons. The molecule has 2 aromatic heterocycles. The maximum absolute atomic E-state index is 12.5. The van der Waals surface area contributed by atoms with Crippen molar-refractivity contribution in [2.45, 2.75) is 19.4 Å². The second-order valence-electron chi connectivity index (χ2n) is 6.08. The van der Waals surface area contributed by atoms with Crippen molar-refractivity contribution >= 4 is 28.6 Å². The van der Waals surface area contributed by atoms with Gasteiger partial charge in [0.1, 0.15) is 5.01 Å². The maximum Gasteiger partial charge on any atom is 0.226 e. The smallest absolute Gasteiger partial charge is 0.226 e. The summed E-state index contributed by atoms with van der Waals surface area (Å²) in [6, 6.07) is 5.48. The first kappa shape index (κ1) is 20.2. The second-order valence-corrected chi connectivity index (χ2v) is 7.72. The molecule has 2 heterocycles. The highest BCUT2D eigenvalue weighted by Crippen LogP contribution is 2.39. The average molecular weight is 419 g/mol. The number of methoxy groups -OCH3 is 3. The molecule has 0 fully saturated rings. The summed E-state index contributed by atoms with van der Waals surface area (Å²) in [5.41, 5.74) is 2.72. The van der Waals surface area contributed by atoms with Crippen molar-refractivity contribution in [1.29, 1.82) is 0 Å². The van der Waals surface area contributed by atoms with E-state index in [2.05, 4.69) is 15.7 Å². The molecule has 0 aliphatic carbocycles. The molecule has 6 nitrogen and oxygen atoms in total. The summed E-state index contributed by atoms with van der Waals surface area (Å²) in [5, 5.41) is 9.93. The lowest BCUT2D eigenvalue weighted by Gasteiger charge is -2.18. The van der Waals surface area contributed by atoms with Gasteiger partial charge in [0, 0.05) is 16.3 Å². The number of aromatic nitrogens is 1. The van der Waals surface area contributed by atoms with E-state index in [1.54, 1.807) is 44.0 Å². The van der Waals surface area contributed by atoms with Gasteiger partial charge in [0.05, 0.1) is 39.5 Å². The number of nitrogens with one attached hydrogen (secondary N) is 1. The van der Waals surface area contributed by atoms with Crippen molar-refractivity contribution in [3.8, 4) is 27.8 Å². The predicted molar refractivity (Wildman–Crippen MR) is 112 cm³/mol. The molecule has 0 spiro atoms. The number of thiophene rings is 1. The molecule has 8 heteroatoms. The fourth-order valence-electron chi connectivity index (χ4n) is 2.80. The molecular formula is C20H22N2O4S2. The Bertz CT molecular complexity index is 913. The first-order valence-electron chi connectivity index (χ1n) is 8.62. The molecule has 1 N–H and O–H groups in total. The molecule has 0 aliphatic heterocycles. The summed E-state index contributed by atoms with van der Waals surface area (Å²) in [6.45, 7) is 1.91. The SMILES string of the molecule is COc1cc(C(C)NC(=O)Cc2csc(-c3ccsc3)n2)cc(OC)c1OC. The largest absolute Gasteiger partial charge is 0.493 e. The van der Waals surface area contributed by atoms with E-state index in [1.165, 1.54) is 0 Å². The third-order valence-electron chi connectivity index (χ3n) is 4.23. The van der Waals surface area contributed by atoms with Crippen LogP contribution in [0.3, 0.4) is 0 Å². The van der Waals surface area contributed by atoms with Crippen LogP contribution in [-0.4, -0.2) is 32.2 Å². The molecule has 1 aromatic carbocycles. The summed E-state index contributed by atoms with van der Waals surface area (Å²) in [6.07, 6.45) is 0.232. The van der Waals surface area contributed by atoms with Gasteiger partial charge in [-0.05, 0) is 36.1 Å². The van der Waals surface area contributed by atoms with E-state index < -0.39 is 0 Å². The Morgan fingerprint density at radius 3 is 2.43 bits per heavy atom. The van der Waals surface area contributed by atoms with Crippen LogP contribution in [-0.2, 0) is 11.2 Å². The highest BCUT2D eigenvalue weighted by Gasteiger charge is 2.18. The molecule has 3 rings (SSSR count). The molecule has 0 saturated carbocycles. The normalized spacial score (nSPS) is 11.7. The number of benzene rings is 1. The van der Waals surface area contributed by atoms with Crippen LogP contribution in [0, 0.1) is 0 Å². The number of amides is 1. The topological polar surface area (TPSA) is 69.7 Å². The van der Waals surface area contributed by atoms with Gasteiger partial charge >= 0.3 is 0 Å². The van der Waals surface area contributed by atoms with Crippen LogP contribution in [0.1, 0.15) is 24.2 Å². The number of hydrogen-bond donors (Lipinski definition) is 1. The van der Waals surface area contributed by atoms with E-state index >= 15 is 0 Å². The van der Waals surface area contributed by atoms with Crippen LogP contribution in [0.15, 0.2) is 34.3 Å². The Labute approximate surface area is 172 Å². The third kappa shape index (κ3) is 4.45. The summed E-state index contributed by atoms with van der Waals surface area (Å²) in [7, 11) is 4.69. The van der Waals surface area contributed by atoms with Crippen LogP contribution in [0.5, 0.6) is 17.2 Å². The standard InChI is InChI=1S/C20H22N2O4S2/c1-12(14-7-16(24-2)19(26-4)17(8-14)25-3)21-18(23)9-15-11-28-20(22-15)13-5-6-27-10-13/h5-8,10-12H,9H2,1-4H3,(H,21,23). The Morgan fingerprint density at radius 1 is 1.14 bits per heavy atom. The van der Waals surface area contributed by atoms with Crippen LogP contribution in [0.25, 0.3) is 10.6 Å². The minimum Gasteiger partial charge on any atom is -0.493 e. The maximum atomic E-state index is 12.5. The number of hydrogen-bond acceptors (Lipinski definition) is 7. The van der Waals surface area contributed by atoms with Gasteiger partial charge in [-0.2, -0.15) is 11.3 Å². The first-order chi connectivity index (χ1) is 13.5. The fourth-order valence-corrected chi connectivity index (χ4v) is 4.33. The van der Waals surface area contributed by atoms with Gasteiger partial charge in [0.15, 0.2) is 11.5 Å². The van der Waals surface area contributed by atoms with Crippen molar-refractivity contribution in [2.75, 3.05) is 21.3 Å². The van der Waals surface area contributed by atoms with Crippen LogP contribution in [0.4, 0.5) is 0 Å². The summed E-state index contributed by atoms with van der Waals surface area (Å²) in [4.78, 5) is 17.1. The molecule has 0 bridgehead atoms. The molecule has 1 unspecified atom stereocenters. The molecular weight excluding hydrogens is 396 g/mol. The summed E-state index contributed by atoms with van der Waals surface area (Å²) >= 11 is 3.18. The van der Waals surface area contributed by atoms with E-state index in [0.29, 0.717) is 17.2 Å². The Morgan fingerprint density at radius 2 is 1.86 bits per heavy atom. The first-order valence-corrected chi connectivity index (χ1v) is 10.4. The van der Waals surface area contributed by atoms with Gasteiger partial charge in [-0.1, -0.05) is 0 Å². The summed E-state index contributed by atoms with van der Waals surface area (Å²) < 4.78 is 16.1. The molecule has 1 atom stereocenters. The average Bonchev–Trinajstić information content (AvgIpc) is 3.38. The van der Waals surface area contributed by atoms with Crippen molar-refractivity contribution in [3.63, 3.8) is 0 Å². The van der Waals surface area contributed by atoms with Gasteiger partial charge in [-0.15, -0.1) is 11.3 Å². The van der Waals surface area contributed by atoms with Crippen LogP contribution in [0.2, 0.25) is 0 Å². The lowest BCUT2D eigenvalue weighted by molar-refractivity contribution is -0.121. The Hall–Kier alpha value is -2.58. The van der Waals surface area contributed by atoms with Crippen molar-refractivity contribution in [1.82, 2.24) is 10.3 Å². The lowest BCUT2D eigenvalue weighted by atomic mass is 10.1. The van der Waals surface area contributed by atoms with Crippen molar-refractivity contribution < 1.29 is 19.0 Å². The predicted octanol–water partition coefficient (Wildman–Crippen LogP) is 4.32. The molecule has 3 aromatic rings. The number of thiazole rings is 1. The number of rotatable bonds is 8. The second kappa shape index (κ2) is 9.07. The monoisotopic (exact) mass is 418 g/mol. The molecule has 0 saturated heterocycles. The molecule has 28 heavy (non-hydrogen) atoms. The minimum absolute atomic E-state index is 0.0941. The van der Waals surface area contributed by atoms with Gasteiger partial charge in [-0.3, -0.25) is 4.79 Å². The summed E-state index contributed by atoms with van der Waals surface area (Å²) in [5.74, 6) is 1.54. The molecule has 1 amide bonds. The molecule has 0 aliphatic rings. The van der Waals surface area contributed by atoms with E-state index in [9.17, 15) is 4.79 Å².